The Morgan fingerprint density at radius 3 is 2.57 bits per heavy atom. The van der Waals surface area contributed by atoms with Crippen LogP contribution in [0, 0.1) is 5.41 Å². The molecule has 21 heavy (non-hydrogen) atoms. The van der Waals surface area contributed by atoms with Crippen molar-refractivity contribution in [1.29, 1.82) is 0 Å². The van der Waals surface area contributed by atoms with E-state index in [1.54, 1.807) is 5.56 Å². The highest BCUT2D eigenvalue weighted by atomic mass is 15.2. The maximum Gasteiger partial charge on any atom is 0.0478 e. The molecule has 0 saturated carbocycles. The van der Waals surface area contributed by atoms with Gasteiger partial charge in [0, 0.05) is 18.6 Å². The lowest BCUT2D eigenvalue weighted by atomic mass is 9.75. The number of benzene rings is 1. The topological polar surface area (TPSA) is 15.3 Å². The van der Waals surface area contributed by atoms with Crippen LogP contribution in [0.4, 0.5) is 0 Å². The molecule has 1 saturated heterocycles. The van der Waals surface area contributed by atoms with Gasteiger partial charge in [-0.2, -0.15) is 0 Å². The molecule has 1 aromatic rings. The first-order valence-electron chi connectivity index (χ1n) is 8.52. The van der Waals surface area contributed by atoms with E-state index in [4.69, 9.17) is 0 Å². The van der Waals surface area contributed by atoms with Crippen LogP contribution in [0.25, 0.3) is 0 Å². The van der Waals surface area contributed by atoms with Crippen molar-refractivity contribution in [3.05, 3.63) is 35.4 Å². The number of hydrogen-bond acceptors (Lipinski definition) is 2. The Balaban J connectivity index is 1.89. The molecule has 0 bridgehead atoms. The Kier molecular flexibility index (Phi) is 4.11. The largest absolute Gasteiger partial charge is 0.312 e. The van der Waals surface area contributed by atoms with E-state index in [1.807, 2.05) is 0 Å². The number of nitrogens with zero attached hydrogens (tertiary/aromatic N) is 1. The molecule has 0 spiro atoms. The van der Waals surface area contributed by atoms with Crippen molar-refractivity contribution in [3.8, 4) is 0 Å². The normalized spacial score (nSPS) is 32.7. The van der Waals surface area contributed by atoms with Gasteiger partial charge in [0.25, 0.3) is 0 Å². The van der Waals surface area contributed by atoms with E-state index in [0.717, 1.165) is 0 Å². The van der Waals surface area contributed by atoms with Crippen molar-refractivity contribution in [2.45, 2.75) is 58.0 Å². The minimum atomic E-state index is 0.469. The molecule has 2 heteroatoms. The summed E-state index contributed by atoms with van der Waals surface area (Å²) in [6.45, 7) is 9.75. The second-order valence-corrected chi connectivity index (χ2v) is 7.84. The molecule has 3 rings (SSSR count). The van der Waals surface area contributed by atoms with Gasteiger partial charge in [-0.25, -0.2) is 0 Å². The number of fused-ring (bicyclic) bond motifs is 1. The fourth-order valence-electron chi connectivity index (χ4n) is 4.53. The van der Waals surface area contributed by atoms with Crippen molar-refractivity contribution < 1.29 is 0 Å². The van der Waals surface area contributed by atoms with Gasteiger partial charge in [-0.1, -0.05) is 45.0 Å². The molecule has 0 aromatic heterocycles. The summed E-state index contributed by atoms with van der Waals surface area (Å²) in [4.78, 5) is 2.76. The monoisotopic (exact) mass is 286 g/mol. The van der Waals surface area contributed by atoms with Crippen LogP contribution in [0.15, 0.2) is 24.3 Å². The lowest BCUT2D eigenvalue weighted by Gasteiger charge is -2.48. The van der Waals surface area contributed by atoms with Crippen LogP contribution in [0.2, 0.25) is 0 Å². The Morgan fingerprint density at radius 1 is 1.19 bits per heavy atom. The second-order valence-electron chi connectivity index (χ2n) is 7.84. The lowest BCUT2D eigenvalue weighted by molar-refractivity contribution is 0.0508. The van der Waals surface area contributed by atoms with Gasteiger partial charge in [-0.15, -0.1) is 0 Å². The first-order valence-corrected chi connectivity index (χ1v) is 8.52. The molecule has 2 aliphatic rings. The number of likely N-dealkylation sites (N-methyl/N-ethyl adjacent to an activating group) is 1. The summed E-state index contributed by atoms with van der Waals surface area (Å²) in [7, 11) is 2.12. The SMILES string of the molecule is CNC1c2ccccc2C(C)CC1N1CCCC(C)(C)C1. The predicted octanol–water partition coefficient (Wildman–Crippen LogP) is 3.94. The molecule has 1 N–H and O–H groups in total. The number of piperidine rings is 1. The smallest absolute Gasteiger partial charge is 0.0478 e. The zero-order valence-electron chi connectivity index (χ0n) is 14.0. The van der Waals surface area contributed by atoms with Crippen LogP contribution >= 0.6 is 0 Å². The predicted molar refractivity (Wildman–Crippen MR) is 89.7 cm³/mol. The highest BCUT2D eigenvalue weighted by Crippen LogP contribution is 2.41. The minimum absolute atomic E-state index is 0.469. The Labute approximate surface area is 129 Å². The van der Waals surface area contributed by atoms with Gasteiger partial charge < -0.3 is 5.32 Å². The standard InChI is InChI=1S/C19H30N2/c1-14-12-17(21-11-7-10-19(2,3)13-21)18(20-4)16-9-6-5-8-15(14)16/h5-6,8-9,14,17-18,20H,7,10-13H2,1-4H3. The Hall–Kier alpha value is -0.860. The quantitative estimate of drug-likeness (QED) is 0.885. The van der Waals surface area contributed by atoms with Crippen LogP contribution in [0.5, 0.6) is 0 Å². The van der Waals surface area contributed by atoms with Gasteiger partial charge in [-0.3, -0.25) is 4.90 Å². The average molecular weight is 286 g/mol. The second kappa shape index (κ2) is 5.73. The molecular weight excluding hydrogens is 256 g/mol. The molecule has 1 fully saturated rings. The third-order valence-corrected chi connectivity index (χ3v) is 5.55. The van der Waals surface area contributed by atoms with Crippen molar-refractivity contribution in [2.75, 3.05) is 20.1 Å². The van der Waals surface area contributed by atoms with E-state index in [1.165, 1.54) is 37.9 Å². The number of nitrogens with one attached hydrogen (secondary N) is 1. The van der Waals surface area contributed by atoms with Crippen LogP contribution in [-0.2, 0) is 0 Å². The molecule has 3 unspecified atom stereocenters. The molecule has 1 heterocycles. The minimum Gasteiger partial charge on any atom is -0.312 e. The van der Waals surface area contributed by atoms with Gasteiger partial charge in [0.15, 0.2) is 0 Å². The molecule has 116 valence electrons. The zero-order chi connectivity index (χ0) is 15.0. The first-order chi connectivity index (χ1) is 10.0. The van der Waals surface area contributed by atoms with Crippen molar-refractivity contribution in [2.24, 2.45) is 5.41 Å². The van der Waals surface area contributed by atoms with Gasteiger partial charge in [0.05, 0.1) is 0 Å². The number of rotatable bonds is 2. The lowest BCUT2D eigenvalue weighted by Crippen LogP contribution is -2.52. The summed E-state index contributed by atoms with van der Waals surface area (Å²) in [6.07, 6.45) is 3.99. The molecule has 0 radical (unpaired) electrons. The summed E-state index contributed by atoms with van der Waals surface area (Å²) in [5.41, 5.74) is 3.54. The van der Waals surface area contributed by atoms with Gasteiger partial charge in [-0.05, 0) is 55.3 Å². The fraction of sp³-hybridized carbons (Fsp3) is 0.684. The molecular formula is C19H30N2. The summed E-state index contributed by atoms with van der Waals surface area (Å²) in [6, 6.07) is 10.1. The van der Waals surface area contributed by atoms with Gasteiger partial charge >= 0.3 is 0 Å². The number of hydrogen-bond donors (Lipinski definition) is 1. The maximum atomic E-state index is 3.61. The van der Waals surface area contributed by atoms with E-state index in [9.17, 15) is 0 Å². The van der Waals surface area contributed by atoms with Gasteiger partial charge in [0.2, 0.25) is 0 Å². The molecule has 1 aromatic carbocycles. The van der Waals surface area contributed by atoms with Crippen molar-refractivity contribution in [1.82, 2.24) is 10.2 Å². The molecule has 2 nitrogen and oxygen atoms in total. The summed E-state index contributed by atoms with van der Waals surface area (Å²) in [5, 5.41) is 3.61. The zero-order valence-corrected chi connectivity index (χ0v) is 14.0. The van der Waals surface area contributed by atoms with Gasteiger partial charge in [0.1, 0.15) is 0 Å². The average Bonchev–Trinajstić information content (AvgIpc) is 2.46. The van der Waals surface area contributed by atoms with E-state index in [0.29, 0.717) is 23.4 Å². The fourth-order valence-corrected chi connectivity index (χ4v) is 4.53. The summed E-state index contributed by atoms with van der Waals surface area (Å²) >= 11 is 0. The molecule has 0 amide bonds. The van der Waals surface area contributed by atoms with Crippen molar-refractivity contribution >= 4 is 0 Å². The summed E-state index contributed by atoms with van der Waals surface area (Å²) in [5.74, 6) is 0.667. The van der Waals surface area contributed by atoms with Crippen LogP contribution < -0.4 is 5.32 Å². The van der Waals surface area contributed by atoms with E-state index >= 15 is 0 Å². The molecule has 3 atom stereocenters. The van der Waals surface area contributed by atoms with Crippen LogP contribution in [0.3, 0.4) is 0 Å². The number of likely N-dealkylation sites (tertiary alicyclic amines) is 1. The van der Waals surface area contributed by atoms with E-state index in [2.05, 4.69) is 62.3 Å². The molecule has 1 aliphatic carbocycles. The van der Waals surface area contributed by atoms with Crippen LogP contribution in [0.1, 0.15) is 63.1 Å². The Bertz CT molecular complexity index is 494. The molecule has 1 aliphatic heterocycles. The van der Waals surface area contributed by atoms with Crippen molar-refractivity contribution in [3.63, 3.8) is 0 Å². The third kappa shape index (κ3) is 2.89. The maximum absolute atomic E-state index is 3.61. The highest BCUT2D eigenvalue weighted by Gasteiger charge is 2.38. The third-order valence-electron chi connectivity index (χ3n) is 5.55. The van der Waals surface area contributed by atoms with E-state index in [-0.39, 0.29) is 0 Å². The van der Waals surface area contributed by atoms with Crippen LogP contribution in [-0.4, -0.2) is 31.1 Å². The van der Waals surface area contributed by atoms with E-state index < -0.39 is 0 Å². The highest BCUT2D eigenvalue weighted by molar-refractivity contribution is 5.36. The summed E-state index contributed by atoms with van der Waals surface area (Å²) < 4.78 is 0. The Morgan fingerprint density at radius 2 is 1.90 bits per heavy atom. The first kappa shape index (κ1) is 15.1.